The summed E-state index contributed by atoms with van der Waals surface area (Å²) in [5.41, 5.74) is 0.219. The summed E-state index contributed by atoms with van der Waals surface area (Å²) in [5.74, 6) is -1.15. The second-order valence-electron chi connectivity index (χ2n) is 3.35. The Balaban J connectivity index is 2.63. The fourth-order valence-electron chi connectivity index (χ4n) is 1.08. The molecule has 0 radical (unpaired) electrons. The van der Waals surface area contributed by atoms with Crippen LogP contribution in [0.4, 0.5) is 13.2 Å². The fraction of sp³-hybridized carbons (Fsp3) is 0.400. The minimum atomic E-state index is -4.39. The van der Waals surface area contributed by atoms with E-state index in [9.17, 15) is 18.0 Å². The van der Waals surface area contributed by atoms with E-state index in [0.29, 0.717) is 0 Å². The zero-order valence-corrected chi connectivity index (χ0v) is 8.86. The van der Waals surface area contributed by atoms with Crippen molar-refractivity contribution >= 4 is 5.97 Å². The van der Waals surface area contributed by atoms with Crippen molar-refractivity contribution in [2.24, 2.45) is 0 Å². The van der Waals surface area contributed by atoms with Gasteiger partial charge in [-0.05, 0) is 19.1 Å². The number of hydrogen-bond donors (Lipinski definition) is 1. The molecule has 1 N–H and O–H groups in total. The van der Waals surface area contributed by atoms with Crippen molar-refractivity contribution in [1.82, 2.24) is 4.98 Å². The highest BCUT2D eigenvalue weighted by molar-refractivity contribution is 5.87. The summed E-state index contributed by atoms with van der Waals surface area (Å²) >= 11 is 0. The summed E-state index contributed by atoms with van der Waals surface area (Å²) in [5, 5.41) is 8.60. The first-order valence-electron chi connectivity index (χ1n) is 4.67. The number of carboxylic acid groups (broad SMARTS) is 1. The third-order valence-corrected chi connectivity index (χ3v) is 1.95. The number of rotatable bonds is 4. The lowest BCUT2D eigenvalue weighted by Crippen LogP contribution is -2.18. The van der Waals surface area contributed by atoms with Crippen LogP contribution in [-0.4, -0.2) is 28.8 Å². The van der Waals surface area contributed by atoms with Crippen molar-refractivity contribution in [2.75, 3.05) is 6.61 Å². The van der Waals surface area contributed by atoms with Gasteiger partial charge in [0.2, 0.25) is 0 Å². The Morgan fingerprint density at radius 1 is 1.53 bits per heavy atom. The van der Waals surface area contributed by atoms with E-state index in [1.165, 1.54) is 19.1 Å². The molecule has 1 heterocycles. The lowest BCUT2D eigenvalue weighted by atomic mass is 10.2. The van der Waals surface area contributed by atoms with Gasteiger partial charge in [0.1, 0.15) is 6.61 Å². The number of pyridine rings is 1. The molecule has 0 aliphatic heterocycles. The first kappa shape index (κ1) is 13.4. The average Bonchev–Trinajstić information content (AvgIpc) is 2.25. The second kappa shape index (κ2) is 5.13. The van der Waals surface area contributed by atoms with Gasteiger partial charge >= 0.3 is 12.1 Å². The molecule has 1 rings (SSSR count). The zero-order chi connectivity index (χ0) is 13.1. The lowest BCUT2D eigenvalue weighted by Gasteiger charge is -2.14. The summed E-state index contributed by atoms with van der Waals surface area (Å²) in [6, 6.07) is 2.59. The number of hydrogen-bond acceptors (Lipinski definition) is 3. The van der Waals surface area contributed by atoms with Crippen molar-refractivity contribution in [1.29, 1.82) is 0 Å². The van der Waals surface area contributed by atoms with Crippen molar-refractivity contribution in [3.63, 3.8) is 0 Å². The number of aromatic carboxylic acids is 1. The Labute approximate surface area is 95.0 Å². The third kappa shape index (κ3) is 4.39. The maximum atomic E-state index is 11.9. The van der Waals surface area contributed by atoms with E-state index >= 15 is 0 Å². The van der Waals surface area contributed by atoms with Gasteiger partial charge in [-0.25, -0.2) is 4.79 Å². The molecule has 17 heavy (non-hydrogen) atoms. The van der Waals surface area contributed by atoms with Crippen molar-refractivity contribution in [2.45, 2.75) is 19.2 Å². The maximum Gasteiger partial charge on any atom is 0.411 e. The molecule has 0 saturated carbocycles. The van der Waals surface area contributed by atoms with Crippen LogP contribution in [0.15, 0.2) is 18.3 Å². The van der Waals surface area contributed by atoms with E-state index < -0.39 is 24.9 Å². The van der Waals surface area contributed by atoms with E-state index in [0.717, 1.165) is 6.20 Å². The number of alkyl halides is 3. The molecule has 0 aliphatic rings. The highest BCUT2D eigenvalue weighted by Crippen LogP contribution is 2.20. The number of carbonyl (C=O) groups is 1. The van der Waals surface area contributed by atoms with Crippen molar-refractivity contribution in [3.05, 3.63) is 29.6 Å². The van der Waals surface area contributed by atoms with Gasteiger partial charge in [-0.2, -0.15) is 13.2 Å². The Kier molecular flexibility index (Phi) is 4.06. The van der Waals surface area contributed by atoms with Gasteiger partial charge in [0.15, 0.2) is 0 Å². The van der Waals surface area contributed by atoms with E-state index in [-0.39, 0.29) is 11.3 Å². The van der Waals surface area contributed by atoms with Crippen LogP contribution in [0.2, 0.25) is 0 Å². The number of nitrogens with zero attached hydrogens (tertiary/aromatic N) is 1. The molecule has 1 aromatic rings. The summed E-state index contributed by atoms with van der Waals surface area (Å²) in [6.07, 6.45) is -4.17. The van der Waals surface area contributed by atoms with Gasteiger partial charge < -0.3 is 9.84 Å². The second-order valence-corrected chi connectivity index (χ2v) is 3.35. The molecule has 0 aromatic carbocycles. The first-order chi connectivity index (χ1) is 7.79. The van der Waals surface area contributed by atoms with Gasteiger partial charge in [0.05, 0.1) is 17.4 Å². The topological polar surface area (TPSA) is 59.4 Å². The Morgan fingerprint density at radius 2 is 2.18 bits per heavy atom. The SMILES string of the molecule is C[C@@H](OCC(F)(F)F)c1ccc(C(=O)O)cn1. The summed E-state index contributed by atoms with van der Waals surface area (Å²) in [7, 11) is 0. The highest BCUT2D eigenvalue weighted by Gasteiger charge is 2.28. The molecule has 0 aliphatic carbocycles. The van der Waals surface area contributed by atoms with Crippen molar-refractivity contribution < 1.29 is 27.8 Å². The average molecular weight is 249 g/mol. The summed E-state index contributed by atoms with van der Waals surface area (Å²) in [4.78, 5) is 14.2. The highest BCUT2D eigenvalue weighted by atomic mass is 19.4. The van der Waals surface area contributed by atoms with Crippen LogP contribution >= 0.6 is 0 Å². The van der Waals surface area contributed by atoms with Crippen LogP contribution in [0.1, 0.15) is 29.1 Å². The zero-order valence-electron chi connectivity index (χ0n) is 8.86. The minimum Gasteiger partial charge on any atom is -0.478 e. The monoisotopic (exact) mass is 249 g/mol. The molecule has 94 valence electrons. The Morgan fingerprint density at radius 3 is 2.59 bits per heavy atom. The van der Waals surface area contributed by atoms with E-state index in [4.69, 9.17) is 5.11 Å². The minimum absolute atomic E-state index is 0.0308. The van der Waals surface area contributed by atoms with Crippen LogP contribution in [0.3, 0.4) is 0 Å². The molecule has 0 bridgehead atoms. The smallest absolute Gasteiger partial charge is 0.411 e. The first-order valence-corrected chi connectivity index (χ1v) is 4.67. The van der Waals surface area contributed by atoms with Gasteiger partial charge in [-0.1, -0.05) is 0 Å². The van der Waals surface area contributed by atoms with E-state index in [1.54, 1.807) is 0 Å². The van der Waals surface area contributed by atoms with E-state index in [1.807, 2.05) is 0 Å². The van der Waals surface area contributed by atoms with Crippen LogP contribution in [0, 0.1) is 0 Å². The van der Waals surface area contributed by atoms with Gasteiger partial charge in [-0.3, -0.25) is 4.98 Å². The normalized spacial score (nSPS) is 13.4. The molecule has 0 unspecified atom stereocenters. The predicted octanol–water partition coefficient (Wildman–Crippen LogP) is 2.42. The summed E-state index contributed by atoms with van der Waals surface area (Å²) < 4.78 is 40.2. The molecule has 0 fully saturated rings. The van der Waals surface area contributed by atoms with Gasteiger partial charge in [0.25, 0.3) is 0 Å². The maximum absolute atomic E-state index is 11.9. The molecule has 4 nitrogen and oxygen atoms in total. The molecule has 0 spiro atoms. The Hall–Kier alpha value is -1.63. The quantitative estimate of drug-likeness (QED) is 0.890. The third-order valence-electron chi connectivity index (χ3n) is 1.95. The molecular formula is C10H10F3NO3. The molecule has 7 heteroatoms. The van der Waals surface area contributed by atoms with Gasteiger partial charge in [-0.15, -0.1) is 0 Å². The van der Waals surface area contributed by atoms with Crippen LogP contribution in [-0.2, 0) is 4.74 Å². The lowest BCUT2D eigenvalue weighted by molar-refractivity contribution is -0.184. The van der Waals surface area contributed by atoms with Crippen LogP contribution in [0.5, 0.6) is 0 Å². The number of carboxylic acids is 1. The molecule has 1 aromatic heterocycles. The number of aromatic nitrogens is 1. The fourth-order valence-corrected chi connectivity index (χ4v) is 1.08. The van der Waals surface area contributed by atoms with Crippen LogP contribution in [0.25, 0.3) is 0 Å². The van der Waals surface area contributed by atoms with Gasteiger partial charge in [0, 0.05) is 6.20 Å². The molecule has 0 saturated heterocycles. The number of halogens is 3. The molecule has 1 atom stereocenters. The summed E-state index contributed by atoms with van der Waals surface area (Å²) in [6.45, 7) is 0.0467. The number of ether oxygens (including phenoxy) is 1. The molecular weight excluding hydrogens is 239 g/mol. The Bertz CT molecular complexity index is 389. The van der Waals surface area contributed by atoms with Crippen LogP contribution < -0.4 is 0 Å². The van der Waals surface area contributed by atoms with E-state index in [2.05, 4.69) is 9.72 Å². The predicted molar refractivity (Wildman–Crippen MR) is 51.6 cm³/mol. The molecule has 0 amide bonds. The standard InChI is InChI=1S/C10H10F3NO3/c1-6(17-5-10(11,12)13)8-3-2-7(4-14-8)9(15)16/h2-4,6H,5H2,1H3,(H,15,16)/t6-/m1/s1. The van der Waals surface area contributed by atoms with Crippen molar-refractivity contribution in [3.8, 4) is 0 Å². The largest absolute Gasteiger partial charge is 0.478 e.